The molecule has 1 amide bonds. The molecule has 23 heavy (non-hydrogen) atoms. The van der Waals surface area contributed by atoms with E-state index in [9.17, 15) is 4.79 Å². The summed E-state index contributed by atoms with van der Waals surface area (Å²) in [5.41, 5.74) is 8.25. The lowest BCUT2D eigenvalue weighted by molar-refractivity contribution is -0.115. The molecule has 2 heterocycles. The summed E-state index contributed by atoms with van der Waals surface area (Å²) in [6.45, 7) is 4.20. The van der Waals surface area contributed by atoms with Crippen LogP contribution in [0.3, 0.4) is 0 Å². The topological polar surface area (TPSA) is 80.5 Å². The molecule has 0 saturated carbocycles. The molecule has 3 N–H and O–H groups in total. The first-order valence-electron chi connectivity index (χ1n) is 7.58. The molecule has 6 nitrogen and oxygen atoms in total. The predicted octanol–water partition coefficient (Wildman–Crippen LogP) is 1.74. The Hall–Kier alpha value is -1.96. The SMILES string of the molecule is Nc1ccc(CC(=O)Nc2nc(CN3CCOCC3)cs2)cc1. The molecule has 0 unspecified atom stereocenters. The van der Waals surface area contributed by atoms with Gasteiger partial charge in [-0.1, -0.05) is 12.1 Å². The second-order valence-corrected chi connectivity index (χ2v) is 6.36. The van der Waals surface area contributed by atoms with Gasteiger partial charge in [-0.25, -0.2) is 4.98 Å². The number of hydrogen-bond donors (Lipinski definition) is 2. The summed E-state index contributed by atoms with van der Waals surface area (Å²) in [7, 11) is 0. The third-order valence-corrected chi connectivity index (χ3v) is 4.44. The Balaban J connectivity index is 1.51. The van der Waals surface area contributed by atoms with Crippen molar-refractivity contribution in [2.24, 2.45) is 0 Å². The van der Waals surface area contributed by atoms with E-state index in [-0.39, 0.29) is 5.91 Å². The molecule has 0 atom stereocenters. The van der Waals surface area contributed by atoms with Crippen molar-refractivity contribution in [2.45, 2.75) is 13.0 Å². The molecule has 1 aliphatic rings. The van der Waals surface area contributed by atoms with Crippen molar-refractivity contribution in [1.82, 2.24) is 9.88 Å². The summed E-state index contributed by atoms with van der Waals surface area (Å²) >= 11 is 1.46. The van der Waals surface area contributed by atoms with E-state index in [2.05, 4.69) is 15.2 Å². The first kappa shape index (κ1) is 15.9. The maximum Gasteiger partial charge on any atom is 0.230 e. The van der Waals surface area contributed by atoms with Crippen molar-refractivity contribution < 1.29 is 9.53 Å². The zero-order chi connectivity index (χ0) is 16.1. The summed E-state index contributed by atoms with van der Waals surface area (Å²) in [6.07, 6.45) is 0.318. The number of ether oxygens (including phenoxy) is 1. The van der Waals surface area contributed by atoms with E-state index in [1.807, 2.05) is 17.5 Å². The number of anilines is 2. The van der Waals surface area contributed by atoms with Gasteiger partial charge in [-0.3, -0.25) is 9.69 Å². The van der Waals surface area contributed by atoms with Gasteiger partial charge < -0.3 is 15.8 Å². The summed E-state index contributed by atoms with van der Waals surface area (Å²) in [6, 6.07) is 7.32. The number of nitrogen functional groups attached to an aromatic ring is 1. The van der Waals surface area contributed by atoms with Gasteiger partial charge in [-0.05, 0) is 17.7 Å². The number of hydrogen-bond acceptors (Lipinski definition) is 6. The van der Waals surface area contributed by atoms with E-state index in [0.717, 1.165) is 44.1 Å². The number of nitrogens with two attached hydrogens (primary N) is 1. The van der Waals surface area contributed by atoms with Crippen LogP contribution in [0.25, 0.3) is 0 Å². The summed E-state index contributed by atoms with van der Waals surface area (Å²) in [5, 5.41) is 5.50. The van der Waals surface area contributed by atoms with Crippen LogP contribution < -0.4 is 11.1 Å². The van der Waals surface area contributed by atoms with Gasteiger partial charge in [-0.15, -0.1) is 11.3 Å². The van der Waals surface area contributed by atoms with Crippen LogP contribution in [0.4, 0.5) is 10.8 Å². The van der Waals surface area contributed by atoms with E-state index >= 15 is 0 Å². The summed E-state index contributed by atoms with van der Waals surface area (Å²) < 4.78 is 5.33. The number of rotatable bonds is 5. The first-order chi connectivity index (χ1) is 11.2. The van der Waals surface area contributed by atoms with Gasteiger partial charge in [0.15, 0.2) is 5.13 Å². The molecule has 0 aliphatic carbocycles. The molecule has 1 fully saturated rings. The van der Waals surface area contributed by atoms with Crippen molar-refractivity contribution in [2.75, 3.05) is 37.4 Å². The van der Waals surface area contributed by atoms with E-state index in [0.29, 0.717) is 17.2 Å². The van der Waals surface area contributed by atoms with Crippen LogP contribution >= 0.6 is 11.3 Å². The van der Waals surface area contributed by atoms with Crippen LogP contribution in [-0.2, 0) is 22.5 Å². The molecule has 3 rings (SSSR count). The largest absolute Gasteiger partial charge is 0.399 e. The lowest BCUT2D eigenvalue weighted by Crippen LogP contribution is -2.35. The minimum atomic E-state index is -0.0676. The molecular weight excluding hydrogens is 312 g/mol. The smallest absolute Gasteiger partial charge is 0.230 e. The van der Waals surface area contributed by atoms with Crippen molar-refractivity contribution in [1.29, 1.82) is 0 Å². The number of carbonyl (C=O) groups excluding carboxylic acids is 1. The lowest BCUT2D eigenvalue weighted by atomic mass is 10.1. The van der Waals surface area contributed by atoms with Crippen molar-refractivity contribution in [3.05, 3.63) is 40.9 Å². The van der Waals surface area contributed by atoms with Gasteiger partial charge in [0, 0.05) is 30.7 Å². The van der Waals surface area contributed by atoms with E-state index in [1.165, 1.54) is 11.3 Å². The van der Waals surface area contributed by atoms with Gasteiger partial charge >= 0.3 is 0 Å². The van der Waals surface area contributed by atoms with Gasteiger partial charge in [0.1, 0.15) is 0 Å². The summed E-state index contributed by atoms with van der Waals surface area (Å²) in [4.78, 5) is 18.9. The lowest BCUT2D eigenvalue weighted by Gasteiger charge is -2.25. The molecule has 1 aliphatic heterocycles. The zero-order valence-electron chi connectivity index (χ0n) is 12.8. The van der Waals surface area contributed by atoms with Crippen molar-refractivity contribution in [3.63, 3.8) is 0 Å². The number of amides is 1. The summed E-state index contributed by atoms with van der Waals surface area (Å²) in [5.74, 6) is -0.0676. The Morgan fingerprint density at radius 1 is 1.30 bits per heavy atom. The third-order valence-electron chi connectivity index (χ3n) is 3.63. The van der Waals surface area contributed by atoms with E-state index < -0.39 is 0 Å². The number of benzene rings is 1. The number of morpholine rings is 1. The van der Waals surface area contributed by atoms with Gasteiger partial charge in [0.2, 0.25) is 5.91 Å². The Labute approximate surface area is 139 Å². The highest BCUT2D eigenvalue weighted by Crippen LogP contribution is 2.18. The Kier molecular flexibility index (Phi) is 5.22. The van der Waals surface area contributed by atoms with Gasteiger partial charge in [0.05, 0.1) is 25.3 Å². The van der Waals surface area contributed by atoms with Crippen LogP contribution in [0.2, 0.25) is 0 Å². The minimum absolute atomic E-state index is 0.0676. The molecule has 0 spiro atoms. The molecule has 1 aromatic heterocycles. The molecule has 122 valence electrons. The highest BCUT2D eigenvalue weighted by Gasteiger charge is 2.13. The average molecular weight is 332 g/mol. The van der Waals surface area contributed by atoms with Crippen LogP contribution in [0.15, 0.2) is 29.6 Å². The van der Waals surface area contributed by atoms with E-state index in [4.69, 9.17) is 10.5 Å². The Morgan fingerprint density at radius 3 is 2.78 bits per heavy atom. The molecular formula is C16H20N4O2S. The molecule has 0 bridgehead atoms. The van der Waals surface area contributed by atoms with Crippen LogP contribution in [0, 0.1) is 0 Å². The Bertz CT molecular complexity index is 650. The second kappa shape index (κ2) is 7.54. The average Bonchev–Trinajstić information content (AvgIpc) is 2.97. The van der Waals surface area contributed by atoms with Crippen LogP contribution in [-0.4, -0.2) is 42.1 Å². The van der Waals surface area contributed by atoms with Crippen molar-refractivity contribution >= 4 is 28.1 Å². The van der Waals surface area contributed by atoms with Crippen LogP contribution in [0.1, 0.15) is 11.3 Å². The second-order valence-electron chi connectivity index (χ2n) is 5.50. The molecule has 7 heteroatoms. The molecule has 0 radical (unpaired) electrons. The van der Waals surface area contributed by atoms with Crippen molar-refractivity contribution in [3.8, 4) is 0 Å². The number of nitrogens with zero attached hydrogens (tertiary/aromatic N) is 2. The number of aromatic nitrogens is 1. The maximum atomic E-state index is 12.1. The monoisotopic (exact) mass is 332 g/mol. The fraction of sp³-hybridized carbons (Fsp3) is 0.375. The quantitative estimate of drug-likeness (QED) is 0.815. The van der Waals surface area contributed by atoms with Crippen LogP contribution in [0.5, 0.6) is 0 Å². The minimum Gasteiger partial charge on any atom is -0.399 e. The number of nitrogens with one attached hydrogen (secondary N) is 1. The van der Waals surface area contributed by atoms with E-state index in [1.54, 1.807) is 12.1 Å². The molecule has 1 aromatic carbocycles. The first-order valence-corrected chi connectivity index (χ1v) is 8.46. The predicted molar refractivity (Wildman–Crippen MR) is 91.4 cm³/mol. The highest BCUT2D eigenvalue weighted by atomic mass is 32.1. The normalized spacial score (nSPS) is 15.5. The Morgan fingerprint density at radius 2 is 2.04 bits per heavy atom. The fourth-order valence-corrected chi connectivity index (χ4v) is 3.13. The maximum absolute atomic E-state index is 12.1. The highest BCUT2D eigenvalue weighted by molar-refractivity contribution is 7.13. The zero-order valence-corrected chi connectivity index (χ0v) is 13.6. The number of thiazole rings is 1. The fourth-order valence-electron chi connectivity index (χ4n) is 2.41. The van der Waals surface area contributed by atoms with Gasteiger partial charge in [-0.2, -0.15) is 0 Å². The standard InChI is InChI=1S/C16H20N4O2S/c17-13-3-1-12(2-4-13)9-15(21)19-16-18-14(11-23-16)10-20-5-7-22-8-6-20/h1-4,11H,5-10,17H2,(H,18,19,21). The molecule has 2 aromatic rings. The van der Waals surface area contributed by atoms with Gasteiger partial charge in [0.25, 0.3) is 0 Å². The third kappa shape index (κ3) is 4.75. The number of carbonyl (C=O) groups is 1. The molecule has 1 saturated heterocycles.